The third-order valence-electron chi connectivity index (χ3n) is 4.63. The lowest BCUT2D eigenvalue weighted by molar-refractivity contribution is 0.354. The van der Waals surface area contributed by atoms with Crippen molar-refractivity contribution in [2.45, 2.75) is 52.6 Å². The Morgan fingerprint density at radius 1 is 1.26 bits per heavy atom. The molecule has 1 aromatic carbocycles. The van der Waals surface area contributed by atoms with Gasteiger partial charge in [-0.05, 0) is 29.5 Å². The lowest BCUT2D eigenvalue weighted by atomic mass is 9.85. The average molecular weight is 327 g/mol. The first-order chi connectivity index (χ1) is 10.7. The van der Waals surface area contributed by atoms with Crippen LogP contribution >= 0.6 is 0 Å². The molecule has 23 heavy (non-hydrogen) atoms. The highest BCUT2D eigenvalue weighted by Gasteiger charge is 2.34. The van der Waals surface area contributed by atoms with Crippen molar-refractivity contribution in [3.05, 3.63) is 59.3 Å². The van der Waals surface area contributed by atoms with Gasteiger partial charge in [0, 0.05) is 0 Å². The largest absolute Gasteiger partial charge is 0.489 e. The maximum absolute atomic E-state index is 6.21. The molecule has 0 radical (unpaired) electrons. The van der Waals surface area contributed by atoms with Crippen molar-refractivity contribution in [3.63, 3.8) is 0 Å². The molecule has 0 N–H and O–H groups in total. The van der Waals surface area contributed by atoms with Crippen LogP contribution in [0.1, 0.15) is 38.3 Å². The SMILES string of the molecule is C=CCOc1c(C(C)(C)C)cc(C)cc1[Si](C)(C)C1=CC=CC1. The van der Waals surface area contributed by atoms with Gasteiger partial charge in [-0.1, -0.05) is 87.6 Å². The fourth-order valence-corrected chi connectivity index (χ4v) is 6.03. The zero-order valence-corrected chi connectivity index (χ0v) is 16.5. The zero-order chi connectivity index (χ0) is 17.3. The quantitative estimate of drug-likeness (QED) is 0.534. The maximum atomic E-state index is 6.21. The van der Waals surface area contributed by atoms with Crippen molar-refractivity contribution in [2.24, 2.45) is 0 Å². The van der Waals surface area contributed by atoms with E-state index in [0.29, 0.717) is 6.61 Å². The normalized spacial score (nSPS) is 14.8. The fraction of sp³-hybridized carbons (Fsp3) is 0.429. The second-order valence-corrected chi connectivity index (χ2v) is 12.4. The summed E-state index contributed by atoms with van der Waals surface area (Å²) < 4.78 is 6.21. The van der Waals surface area contributed by atoms with Gasteiger partial charge in [-0.2, -0.15) is 0 Å². The fourth-order valence-electron chi connectivity index (χ4n) is 3.18. The lowest BCUT2D eigenvalue weighted by Gasteiger charge is -2.32. The molecule has 0 aromatic heterocycles. The van der Waals surface area contributed by atoms with E-state index in [4.69, 9.17) is 4.74 Å². The molecule has 1 nitrogen and oxygen atoms in total. The number of rotatable bonds is 5. The van der Waals surface area contributed by atoms with Crippen LogP contribution in [-0.2, 0) is 5.41 Å². The van der Waals surface area contributed by atoms with Gasteiger partial charge >= 0.3 is 0 Å². The van der Waals surface area contributed by atoms with Crippen molar-refractivity contribution in [1.82, 2.24) is 0 Å². The Morgan fingerprint density at radius 2 is 1.96 bits per heavy atom. The summed E-state index contributed by atoms with van der Waals surface area (Å²) in [5, 5.41) is 2.99. The van der Waals surface area contributed by atoms with Crippen LogP contribution in [0, 0.1) is 6.92 Å². The molecule has 0 saturated carbocycles. The Hall–Kier alpha value is -1.54. The van der Waals surface area contributed by atoms with Crippen molar-refractivity contribution in [1.29, 1.82) is 0 Å². The molecule has 2 rings (SSSR count). The number of hydrogen-bond donors (Lipinski definition) is 0. The first-order valence-electron chi connectivity index (χ1n) is 8.43. The third kappa shape index (κ3) is 3.69. The van der Waals surface area contributed by atoms with Crippen LogP contribution in [0.3, 0.4) is 0 Å². The molecule has 0 saturated heterocycles. The number of allylic oxidation sites excluding steroid dienone is 4. The summed E-state index contributed by atoms with van der Waals surface area (Å²) in [4.78, 5) is 0. The van der Waals surface area contributed by atoms with Gasteiger partial charge in [0.2, 0.25) is 0 Å². The first-order valence-corrected chi connectivity index (χ1v) is 11.4. The minimum absolute atomic E-state index is 0.0596. The van der Waals surface area contributed by atoms with Crippen molar-refractivity contribution in [2.75, 3.05) is 6.61 Å². The van der Waals surface area contributed by atoms with Gasteiger partial charge in [0.25, 0.3) is 0 Å². The molecular weight excluding hydrogens is 296 g/mol. The minimum atomic E-state index is -1.74. The van der Waals surface area contributed by atoms with E-state index in [0.717, 1.165) is 12.2 Å². The topological polar surface area (TPSA) is 9.23 Å². The van der Waals surface area contributed by atoms with Crippen molar-refractivity contribution in [3.8, 4) is 5.75 Å². The predicted molar refractivity (Wildman–Crippen MR) is 105 cm³/mol. The highest BCUT2D eigenvalue weighted by atomic mass is 28.3. The van der Waals surface area contributed by atoms with Crippen LogP contribution in [0.4, 0.5) is 0 Å². The monoisotopic (exact) mass is 326 g/mol. The third-order valence-corrected chi connectivity index (χ3v) is 8.33. The molecule has 0 bridgehead atoms. The van der Waals surface area contributed by atoms with E-state index in [-0.39, 0.29) is 5.41 Å². The second-order valence-electron chi connectivity index (χ2n) is 7.99. The van der Waals surface area contributed by atoms with E-state index in [1.807, 2.05) is 6.08 Å². The van der Waals surface area contributed by atoms with Gasteiger partial charge in [0.15, 0.2) is 0 Å². The summed E-state index contributed by atoms with van der Waals surface area (Å²) in [5.41, 5.74) is 2.69. The van der Waals surface area contributed by atoms with Gasteiger partial charge in [-0.25, -0.2) is 0 Å². The number of ether oxygens (including phenoxy) is 1. The minimum Gasteiger partial charge on any atom is -0.489 e. The van der Waals surface area contributed by atoms with E-state index >= 15 is 0 Å². The van der Waals surface area contributed by atoms with Gasteiger partial charge in [-0.3, -0.25) is 0 Å². The molecule has 0 spiro atoms. The molecule has 1 aromatic rings. The van der Waals surface area contributed by atoms with Crippen molar-refractivity contribution >= 4 is 13.3 Å². The molecule has 1 aliphatic carbocycles. The Bertz CT molecular complexity index is 657. The average Bonchev–Trinajstić information content (AvgIpc) is 2.99. The van der Waals surface area contributed by atoms with Gasteiger partial charge in [0.05, 0.1) is 0 Å². The van der Waals surface area contributed by atoms with Gasteiger partial charge in [-0.15, -0.1) is 0 Å². The molecule has 0 amide bonds. The predicted octanol–water partition coefficient (Wildman–Crippen LogP) is 5.20. The van der Waals surface area contributed by atoms with E-state index in [2.05, 4.69) is 77.7 Å². The highest BCUT2D eigenvalue weighted by molar-refractivity contribution is 6.96. The smallest absolute Gasteiger partial charge is 0.123 e. The van der Waals surface area contributed by atoms with E-state index in [9.17, 15) is 0 Å². The van der Waals surface area contributed by atoms with E-state index < -0.39 is 8.07 Å². The number of hydrogen-bond acceptors (Lipinski definition) is 1. The van der Waals surface area contributed by atoms with Crippen LogP contribution in [0.25, 0.3) is 0 Å². The van der Waals surface area contributed by atoms with Crippen LogP contribution in [0.2, 0.25) is 13.1 Å². The molecule has 1 aliphatic rings. The molecule has 0 atom stereocenters. The number of aryl methyl sites for hydroxylation is 1. The second kappa shape index (κ2) is 6.52. The Balaban J connectivity index is 2.65. The summed E-state index contributed by atoms with van der Waals surface area (Å²) in [5.74, 6) is 1.09. The van der Waals surface area contributed by atoms with E-state index in [1.165, 1.54) is 16.3 Å². The molecule has 0 fully saturated rings. The van der Waals surface area contributed by atoms with Gasteiger partial charge in [0.1, 0.15) is 20.4 Å². The van der Waals surface area contributed by atoms with Crippen LogP contribution in [0.15, 0.2) is 48.2 Å². The highest BCUT2D eigenvalue weighted by Crippen LogP contribution is 2.35. The summed E-state index contributed by atoms with van der Waals surface area (Å²) >= 11 is 0. The molecule has 0 heterocycles. The summed E-state index contributed by atoms with van der Waals surface area (Å²) in [6, 6.07) is 4.63. The van der Waals surface area contributed by atoms with Crippen LogP contribution < -0.4 is 9.92 Å². The first kappa shape index (κ1) is 17.8. The molecule has 0 unspecified atom stereocenters. The number of benzene rings is 1. The molecule has 2 heteroatoms. The maximum Gasteiger partial charge on any atom is 0.123 e. The summed E-state index contributed by atoms with van der Waals surface area (Å²) in [7, 11) is -1.74. The Morgan fingerprint density at radius 3 is 2.48 bits per heavy atom. The summed E-state index contributed by atoms with van der Waals surface area (Å²) in [6.07, 6.45) is 9.67. The standard InChI is InChI=1S/C21H30OSi/c1-8-13-22-20-18(21(3,4)5)14-16(2)15-19(20)23(6,7)17-11-9-10-12-17/h8-11,14-15H,1,12-13H2,2-7H3. The van der Waals surface area contributed by atoms with Crippen LogP contribution in [-0.4, -0.2) is 14.7 Å². The molecule has 124 valence electrons. The Kier molecular flexibility index (Phi) is 5.05. The summed E-state index contributed by atoms with van der Waals surface area (Å²) in [6.45, 7) is 18.2. The molecule has 0 aliphatic heterocycles. The van der Waals surface area contributed by atoms with Crippen molar-refractivity contribution < 1.29 is 4.74 Å². The van der Waals surface area contributed by atoms with E-state index in [1.54, 1.807) is 5.20 Å². The molecular formula is C21H30OSi. The van der Waals surface area contributed by atoms with Crippen LogP contribution in [0.5, 0.6) is 5.75 Å². The Labute approximate surface area is 142 Å². The van der Waals surface area contributed by atoms with Gasteiger partial charge < -0.3 is 4.74 Å². The lowest BCUT2D eigenvalue weighted by Crippen LogP contribution is -2.45. The zero-order valence-electron chi connectivity index (χ0n) is 15.5.